The molecule has 2 heterocycles. The Kier molecular flexibility index (Phi) is 5.97. The monoisotopic (exact) mass is 452 g/mol. The molecular formula is C23H18F2N4O2S. The Morgan fingerprint density at radius 1 is 1.12 bits per heavy atom. The van der Waals surface area contributed by atoms with Crippen molar-refractivity contribution in [2.75, 3.05) is 13.1 Å². The van der Waals surface area contributed by atoms with Crippen LogP contribution in [0, 0.1) is 11.3 Å². The summed E-state index contributed by atoms with van der Waals surface area (Å²) in [6, 6.07) is 18.2. The predicted molar refractivity (Wildman–Crippen MR) is 116 cm³/mol. The number of rotatable bonds is 5. The van der Waals surface area contributed by atoms with Gasteiger partial charge in [0.15, 0.2) is 0 Å². The highest BCUT2D eigenvalue weighted by Crippen LogP contribution is 2.31. The number of nitriles is 1. The largest absolute Gasteiger partial charge is 0.342 e. The molecule has 0 spiro atoms. The summed E-state index contributed by atoms with van der Waals surface area (Å²) in [5, 5.41) is 13.6. The molecule has 6 nitrogen and oxygen atoms in total. The zero-order valence-electron chi connectivity index (χ0n) is 16.8. The molecule has 0 saturated carbocycles. The second-order valence-corrected chi connectivity index (χ2v) is 8.25. The number of likely N-dealkylation sites (tertiary alicyclic amines) is 1. The maximum absolute atomic E-state index is 13.5. The lowest BCUT2D eigenvalue weighted by Gasteiger charge is -2.19. The standard InChI is InChI=1S/C23H18F2N4O2S/c24-23(25)10-18(11-26)29(14-23)20(30)12-27-21(31)19-13-32-22(28-19)17-8-6-16(7-9-17)15-4-2-1-3-5-15/h1-9,13,18H,10,12,14H2,(H,27,31)/t18-/m0/s1. The SMILES string of the molecule is N#C[C@@H]1CC(F)(F)CN1C(=O)CNC(=O)c1csc(-c2ccc(-c3ccccc3)cc2)n1. The highest BCUT2D eigenvalue weighted by Gasteiger charge is 2.47. The molecule has 0 unspecified atom stereocenters. The molecule has 1 aliphatic rings. The first-order valence-corrected chi connectivity index (χ1v) is 10.7. The fraction of sp³-hybridized carbons (Fsp3) is 0.217. The first kappa shape index (κ1) is 21.6. The quantitative estimate of drug-likeness (QED) is 0.635. The highest BCUT2D eigenvalue weighted by molar-refractivity contribution is 7.13. The van der Waals surface area contributed by atoms with E-state index in [1.807, 2.05) is 54.6 Å². The minimum Gasteiger partial charge on any atom is -0.342 e. The third-order valence-electron chi connectivity index (χ3n) is 5.12. The van der Waals surface area contributed by atoms with Gasteiger partial charge in [-0.3, -0.25) is 9.59 Å². The molecule has 32 heavy (non-hydrogen) atoms. The van der Waals surface area contributed by atoms with Crippen LogP contribution in [0.5, 0.6) is 0 Å². The molecule has 0 aliphatic carbocycles. The van der Waals surface area contributed by atoms with Gasteiger partial charge in [0, 0.05) is 17.4 Å². The van der Waals surface area contributed by atoms with Crippen LogP contribution in [-0.2, 0) is 4.79 Å². The molecule has 0 bridgehead atoms. The van der Waals surface area contributed by atoms with Crippen LogP contribution < -0.4 is 5.32 Å². The van der Waals surface area contributed by atoms with E-state index >= 15 is 0 Å². The summed E-state index contributed by atoms with van der Waals surface area (Å²) in [6.45, 7) is -1.30. The molecule has 1 fully saturated rings. The number of benzene rings is 2. The van der Waals surface area contributed by atoms with Crippen LogP contribution in [0.25, 0.3) is 21.7 Å². The topological polar surface area (TPSA) is 86.1 Å². The van der Waals surface area contributed by atoms with E-state index in [0.717, 1.165) is 21.6 Å². The molecule has 1 aliphatic heterocycles. The smallest absolute Gasteiger partial charge is 0.271 e. The van der Waals surface area contributed by atoms with Crippen molar-refractivity contribution in [1.82, 2.24) is 15.2 Å². The fourth-order valence-electron chi connectivity index (χ4n) is 3.49. The Balaban J connectivity index is 1.38. The van der Waals surface area contributed by atoms with Crippen LogP contribution in [0.15, 0.2) is 60.0 Å². The minimum atomic E-state index is -3.10. The molecule has 1 saturated heterocycles. The summed E-state index contributed by atoms with van der Waals surface area (Å²) in [6.07, 6.45) is -0.693. The number of hydrogen-bond donors (Lipinski definition) is 1. The van der Waals surface area contributed by atoms with Crippen molar-refractivity contribution in [3.63, 3.8) is 0 Å². The molecule has 9 heteroatoms. The molecular weight excluding hydrogens is 434 g/mol. The van der Waals surface area contributed by atoms with Crippen LogP contribution in [0.1, 0.15) is 16.9 Å². The van der Waals surface area contributed by atoms with Crippen molar-refractivity contribution in [3.8, 4) is 27.8 Å². The van der Waals surface area contributed by atoms with E-state index < -0.39 is 43.3 Å². The number of hydrogen-bond acceptors (Lipinski definition) is 5. The van der Waals surface area contributed by atoms with Crippen LogP contribution in [0.2, 0.25) is 0 Å². The van der Waals surface area contributed by atoms with Crippen molar-refractivity contribution in [3.05, 3.63) is 65.7 Å². The van der Waals surface area contributed by atoms with E-state index in [1.54, 1.807) is 11.4 Å². The highest BCUT2D eigenvalue weighted by atomic mass is 32.1. The Bertz CT molecular complexity index is 1170. The summed E-state index contributed by atoms with van der Waals surface area (Å²) in [4.78, 5) is 29.7. The number of carbonyl (C=O) groups is 2. The zero-order chi connectivity index (χ0) is 22.7. The summed E-state index contributed by atoms with van der Waals surface area (Å²) in [5.41, 5.74) is 3.14. The lowest BCUT2D eigenvalue weighted by atomic mass is 10.0. The Hall–Kier alpha value is -3.64. The number of halogens is 2. The van der Waals surface area contributed by atoms with Crippen molar-refractivity contribution < 1.29 is 18.4 Å². The summed E-state index contributed by atoms with van der Waals surface area (Å²) in [5.74, 6) is -4.41. The van der Waals surface area contributed by atoms with Crippen molar-refractivity contribution in [2.45, 2.75) is 18.4 Å². The van der Waals surface area contributed by atoms with Crippen molar-refractivity contribution in [2.24, 2.45) is 0 Å². The number of nitrogens with zero attached hydrogens (tertiary/aromatic N) is 3. The van der Waals surface area contributed by atoms with Crippen LogP contribution in [0.4, 0.5) is 8.78 Å². The fourth-order valence-corrected chi connectivity index (χ4v) is 4.30. The molecule has 1 aromatic heterocycles. The molecule has 2 aromatic carbocycles. The second kappa shape index (κ2) is 8.85. The third-order valence-corrected chi connectivity index (χ3v) is 6.01. The normalized spacial score (nSPS) is 17.0. The number of nitrogens with one attached hydrogen (secondary N) is 1. The van der Waals surface area contributed by atoms with E-state index in [4.69, 9.17) is 5.26 Å². The first-order chi connectivity index (χ1) is 15.4. The predicted octanol–water partition coefficient (Wildman–Crippen LogP) is 3.97. The maximum Gasteiger partial charge on any atom is 0.271 e. The number of thiazole rings is 1. The molecule has 3 aromatic rings. The van der Waals surface area contributed by atoms with Crippen molar-refractivity contribution in [1.29, 1.82) is 5.26 Å². The van der Waals surface area contributed by atoms with E-state index in [0.29, 0.717) is 5.01 Å². The Labute approximate surface area is 187 Å². The number of carbonyl (C=O) groups excluding carboxylic acids is 2. The molecule has 4 rings (SSSR count). The first-order valence-electron chi connectivity index (χ1n) is 9.83. The van der Waals surface area contributed by atoms with Gasteiger partial charge in [-0.1, -0.05) is 54.6 Å². The van der Waals surface area contributed by atoms with Gasteiger partial charge in [0.2, 0.25) is 5.91 Å². The summed E-state index contributed by atoms with van der Waals surface area (Å²) >= 11 is 1.29. The van der Waals surface area contributed by atoms with E-state index in [2.05, 4.69) is 10.3 Å². The molecule has 1 N–H and O–H groups in total. The van der Waals surface area contributed by atoms with Gasteiger partial charge >= 0.3 is 0 Å². The average Bonchev–Trinajstić information content (AvgIpc) is 3.42. The third kappa shape index (κ3) is 4.65. The molecule has 0 radical (unpaired) electrons. The van der Waals surface area contributed by atoms with Gasteiger partial charge < -0.3 is 10.2 Å². The maximum atomic E-state index is 13.5. The van der Waals surface area contributed by atoms with Crippen LogP contribution in [0.3, 0.4) is 0 Å². The molecule has 2 amide bonds. The summed E-state index contributed by atoms with van der Waals surface area (Å²) < 4.78 is 27.0. The van der Waals surface area contributed by atoms with E-state index in [-0.39, 0.29) is 5.69 Å². The summed E-state index contributed by atoms with van der Waals surface area (Å²) in [7, 11) is 0. The number of aromatic nitrogens is 1. The number of alkyl halides is 2. The lowest BCUT2D eigenvalue weighted by molar-refractivity contribution is -0.131. The second-order valence-electron chi connectivity index (χ2n) is 7.39. The number of amides is 2. The average molecular weight is 452 g/mol. The van der Waals surface area contributed by atoms with Gasteiger partial charge in [-0.25, -0.2) is 13.8 Å². The van der Waals surface area contributed by atoms with Gasteiger partial charge in [-0.05, 0) is 11.1 Å². The van der Waals surface area contributed by atoms with Crippen LogP contribution >= 0.6 is 11.3 Å². The van der Waals surface area contributed by atoms with Crippen molar-refractivity contribution >= 4 is 23.2 Å². The van der Waals surface area contributed by atoms with Gasteiger partial charge in [0.05, 0.1) is 19.2 Å². The Morgan fingerprint density at radius 2 is 1.78 bits per heavy atom. The van der Waals surface area contributed by atoms with E-state index in [9.17, 15) is 18.4 Å². The lowest BCUT2D eigenvalue weighted by Crippen LogP contribution is -2.43. The zero-order valence-corrected chi connectivity index (χ0v) is 17.6. The van der Waals surface area contributed by atoms with Crippen LogP contribution in [-0.4, -0.2) is 46.8 Å². The van der Waals surface area contributed by atoms with Gasteiger partial charge in [0.25, 0.3) is 11.8 Å². The van der Waals surface area contributed by atoms with Gasteiger partial charge in [-0.15, -0.1) is 11.3 Å². The molecule has 162 valence electrons. The minimum absolute atomic E-state index is 0.133. The van der Waals surface area contributed by atoms with Gasteiger partial charge in [0.1, 0.15) is 16.7 Å². The van der Waals surface area contributed by atoms with Gasteiger partial charge in [-0.2, -0.15) is 5.26 Å². The molecule has 1 atom stereocenters. The van der Waals surface area contributed by atoms with E-state index in [1.165, 1.54) is 11.3 Å². The Morgan fingerprint density at radius 3 is 2.47 bits per heavy atom.